The van der Waals surface area contributed by atoms with Gasteiger partial charge in [-0.3, -0.25) is 0 Å². The second kappa shape index (κ2) is 6.36. The zero-order chi connectivity index (χ0) is 14.0. The molecule has 2 aromatic rings. The van der Waals surface area contributed by atoms with Crippen molar-refractivity contribution in [3.63, 3.8) is 0 Å². The predicted molar refractivity (Wildman–Crippen MR) is 84.9 cm³/mol. The average Bonchev–Trinajstić information content (AvgIpc) is 2.40. The van der Waals surface area contributed by atoms with Crippen LogP contribution in [0.15, 0.2) is 40.9 Å². The lowest BCUT2D eigenvalue weighted by Crippen LogP contribution is -1.98. The van der Waals surface area contributed by atoms with E-state index in [1.54, 1.807) is 31.4 Å². The Hall–Kier alpha value is -0.410. The normalized spacial score (nSPS) is 12.3. The zero-order valence-electron chi connectivity index (χ0n) is 9.96. The first kappa shape index (κ1) is 15.0. The van der Waals surface area contributed by atoms with Crippen LogP contribution in [0.1, 0.15) is 16.5 Å². The molecule has 1 unspecified atom stereocenters. The topological polar surface area (TPSA) is 9.23 Å². The van der Waals surface area contributed by atoms with E-state index in [1.165, 1.54) is 0 Å². The fraction of sp³-hybridized carbons (Fsp3) is 0.143. The molecule has 0 aliphatic carbocycles. The highest BCUT2D eigenvalue weighted by Crippen LogP contribution is 2.40. The summed E-state index contributed by atoms with van der Waals surface area (Å²) in [6.07, 6.45) is 0. The highest BCUT2D eigenvalue weighted by Gasteiger charge is 2.19. The quantitative estimate of drug-likeness (QED) is 0.585. The molecule has 0 radical (unpaired) electrons. The van der Waals surface area contributed by atoms with Gasteiger partial charge in [0.2, 0.25) is 0 Å². The molecule has 5 heteroatoms. The Morgan fingerprint density at radius 1 is 1.05 bits per heavy atom. The van der Waals surface area contributed by atoms with E-state index < -0.39 is 5.38 Å². The Morgan fingerprint density at radius 2 is 1.79 bits per heavy atom. The third-order valence-corrected chi connectivity index (χ3v) is 4.24. The Labute approximate surface area is 135 Å². The van der Waals surface area contributed by atoms with Crippen LogP contribution in [0.2, 0.25) is 10.0 Å². The Kier molecular flexibility index (Phi) is 5.02. The van der Waals surface area contributed by atoms with Gasteiger partial charge in [-0.15, -0.1) is 11.6 Å². The number of hydrogen-bond acceptors (Lipinski definition) is 1. The van der Waals surface area contributed by atoms with E-state index in [0.29, 0.717) is 15.8 Å². The minimum Gasteiger partial charge on any atom is -0.496 e. The maximum absolute atomic E-state index is 6.52. The lowest BCUT2D eigenvalue weighted by atomic mass is 10.0. The first-order chi connectivity index (χ1) is 9.02. The first-order valence-electron chi connectivity index (χ1n) is 5.45. The van der Waals surface area contributed by atoms with Gasteiger partial charge in [-0.05, 0) is 42.0 Å². The molecule has 0 saturated carbocycles. The van der Waals surface area contributed by atoms with Gasteiger partial charge in [0.1, 0.15) is 5.75 Å². The van der Waals surface area contributed by atoms with Gasteiger partial charge in [-0.25, -0.2) is 0 Å². The van der Waals surface area contributed by atoms with Crippen molar-refractivity contribution in [1.29, 1.82) is 0 Å². The third-order valence-electron chi connectivity index (χ3n) is 2.70. The lowest BCUT2D eigenvalue weighted by Gasteiger charge is -2.16. The molecule has 0 spiro atoms. The smallest absolute Gasteiger partial charge is 0.123 e. The van der Waals surface area contributed by atoms with E-state index in [0.717, 1.165) is 15.6 Å². The minimum absolute atomic E-state index is 0.432. The fourth-order valence-electron chi connectivity index (χ4n) is 1.78. The summed E-state index contributed by atoms with van der Waals surface area (Å²) in [6.45, 7) is 0. The second-order valence-electron chi connectivity index (χ2n) is 3.91. The van der Waals surface area contributed by atoms with Gasteiger partial charge in [-0.2, -0.15) is 0 Å². The van der Waals surface area contributed by atoms with Crippen molar-refractivity contribution in [1.82, 2.24) is 0 Å². The average molecular weight is 380 g/mol. The van der Waals surface area contributed by atoms with Crippen LogP contribution >= 0.6 is 50.7 Å². The highest BCUT2D eigenvalue weighted by molar-refractivity contribution is 9.10. The van der Waals surface area contributed by atoms with Crippen LogP contribution < -0.4 is 4.74 Å². The standard InChI is InChI=1S/C14H10BrCl3O/c1-19-13-5-3-9(16)7-11(13)14(18)10-6-8(15)2-4-12(10)17/h2-7,14H,1H3. The maximum atomic E-state index is 6.52. The molecule has 0 aliphatic heterocycles. The van der Waals surface area contributed by atoms with Crippen molar-refractivity contribution in [2.45, 2.75) is 5.38 Å². The van der Waals surface area contributed by atoms with Gasteiger partial charge in [0.15, 0.2) is 0 Å². The molecular formula is C14H10BrCl3O. The van der Waals surface area contributed by atoms with Crippen molar-refractivity contribution in [2.24, 2.45) is 0 Å². The monoisotopic (exact) mass is 378 g/mol. The van der Waals surface area contributed by atoms with Gasteiger partial charge < -0.3 is 4.74 Å². The van der Waals surface area contributed by atoms with E-state index in [4.69, 9.17) is 39.5 Å². The van der Waals surface area contributed by atoms with Crippen LogP contribution in [-0.2, 0) is 0 Å². The highest BCUT2D eigenvalue weighted by atomic mass is 79.9. The van der Waals surface area contributed by atoms with Crippen molar-refractivity contribution < 1.29 is 4.74 Å². The largest absolute Gasteiger partial charge is 0.496 e. The molecule has 2 aromatic carbocycles. The van der Waals surface area contributed by atoms with E-state index in [-0.39, 0.29) is 0 Å². The summed E-state index contributed by atoms with van der Waals surface area (Å²) in [5.41, 5.74) is 1.59. The van der Waals surface area contributed by atoms with Crippen molar-refractivity contribution in [3.8, 4) is 5.75 Å². The zero-order valence-corrected chi connectivity index (χ0v) is 13.8. The molecule has 0 fully saturated rings. The van der Waals surface area contributed by atoms with Crippen molar-refractivity contribution in [3.05, 3.63) is 62.0 Å². The maximum Gasteiger partial charge on any atom is 0.123 e. The van der Waals surface area contributed by atoms with Gasteiger partial charge in [0.25, 0.3) is 0 Å². The Balaban J connectivity index is 2.51. The summed E-state index contributed by atoms with van der Waals surface area (Å²) in [7, 11) is 1.60. The van der Waals surface area contributed by atoms with Crippen molar-refractivity contribution in [2.75, 3.05) is 7.11 Å². The second-order valence-corrected chi connectivity index (χ2v) is 6.11. The summed E-state index contributed by atoms with van der Waals surface area (Å²) in [5.74, 6) is 0.681. The molecule has 2 rings (SSSR count). The minimum atomic E-state index is -0.432. The van der Waals surface area contributed by atoms with Gasteiger partial charge in [-0.1, -0.05) is 39.1 Å². The molecule has 0 aromatic heterocycles. The Morgan fingerprint density at radius 3 is 2.47 bits per heavy atom. The summed E-state index contributed by atoms with van der Waals surface area (Å²) >= 11 is 22.2. The van der Waals surface area contributed by atoms with Gasteiger partial charge in [0, 0.05) is 20.1 Å². The van der Waals surface area contributed by atoms with E-state index in [1.807, 2.05) is 12.1 Å². The Bertz CT molecular complexity index is 601. The molecule has 0 saturated heterocycles. The summed E-state index contributed by atoms with van der Waals surface area (Å²) in [4.78, 5) is 0. The summed E-state index contributed by atoms with van der Waals surface area (Å²) in [5, 5.41) is 0.774. The summed E-state index contributed by atoms with van der Waals surface area (Å²) in [6, 6.07) is 10.9. The molecule has 1 nitrogen and oxygen atoms in total. The summed E-state index contributed by atoms with van der Waals surface area (Å²) < 4.78 is 6.23. The SMILES string of the molecule is COc1ccc(Cl)cc1C(Cl)c1cc(Br)ccc1Cl. The molecule has 0 heterocycles. The van der Waals surface area contributed by atoms with E-state index in [9.17, 15) is 0 Å². The molecule has 0 amide bonds. The molecule has 0 bridgehead atoms. The van der Waals surface area contributed by atoms with Crippen LogP contribution in [0.4, 0.5) is 0 Å². The molecular weight excluding hydrogens is 370 g/mol. The number of hydrogen-bond donors (Lipinski definition) is 0. The van der Waals surface area contributed by atoms with Crippen LogP contribution in [0.3, 0.4) is 0 Å². The number of ether oxygens (including phenoxy) is 1. The van der Waals surface area contributed by atoms with Crippen LogP contribution in [0, 0.1) is 0 Å². The fourth-order valence-corrected chi connectivity index (χ4v) is 2.97. The van der Waals surface area contributed by atoms with Gasteiger partial charge in [0.05, 0.1) is 12.5 Å². The number of alkyl halides is 1. The molecule has 1 atom stereocenters. The first-order valence-corrected chi connectivity index (χ1v) is 7.44. The van der Waals surface area contributed by atoms with Crippen LogP contribution in [0.25, 0.3) is 0 Å². The van der Waals surface area contributed by atoms with Crippen LogP contribution in [-0.4, -0.2) is 7.11 Å². The van der Waals surface area contributed by atoms with Crippen molar-refractivity contribution >= 4 is 50.7 Å². The van der Waals surface area contributed by atoms with E-state index >= 15 is 0 Å². The van der Waals surface area contributed by atoms with E-state index in [2.05, 4.69) is 15.9 Å². The number of methoxy groups -OCH3 is 1. The lowest BCUT2D eigenvalue weighted by molar-refractivity contribution is 0.410. The molecule has 0 N–H and O–H groups in total. The predicted octanol–water partition coefficient (Wildman–Crippen LogP) is 6.09. The molecule has 19 heavy (non-hydrogen) atoms. The van der Waals surface area contributed by atoms with Gasteiger partial charge >= 0.3 is 0 Å². The number of halogens is 4. The number of rotatable bonds is 3. The third kappa shape index (κ3) is 3.38. The number of benzene rings is 2. The van der Waals surface area contributed by atoms with Crippen LogP contribution in [0.5, 0.6) is 5.75 Å². The molecule has 100 valence electrons. The molecule has 0 aliphatic rings.